The van der Waals surface area contributed by atoms with E-state index >= 15 is 0 Å². The van der Waals surface area contributed by atoms with Crippen molar-refractivity contribution >= 4 is 27.5 Å². The Labute approximate surface area is 132 Å². The van der Waals surface area contributed by atoms with Crippen LogP contribution in [0.2, 0.25) is 5.02 Å². The molecule has 20 heavy (non-hydrogen) atoms. The minimum absolute atomic E-state index is 0.0243. The molecule has 106 valence electrons. The highest BCUT2D eigenvalue weighted by Gasteiger charge is 2.13. The van der Waals surface area contributed by atoms with Crippen LogP contribution in [-0.2, 0) is 6.42 Å². The summed E-state index contributed by atoms with van der Waals surface area (Å²) in [7, 11) is 1.65. The molecule has 1 atom stereocenters. The van der Waals surface area contributed by atoms with Crippen LogP contribution >= 0.6 is 27.5 Å². The van der Waals surface area contributed by atoms with Gasteiger partial charge in [-0.05, 0) is 41.8 Å². The van der Waals surface area contributed by atoms with Gasteiger partial charge in [-0.1, -0.05) is 45.7 Å². The van der Waals surface area contributed by atoms with Gasteiger partial charge < -0.3 is 4.74 Å². The minimum atomic E-state index is -0.0243. The van der Waals surface area contributed by atoms with Gasteiger partial charge in [-0.15, -0.1) is 0 Å². The largest absolute Gasteiger partial charge is 0.497 e. The smallest absolute Gasteiger partial charge is 0.119 e. The summed E-state index contributed by atoms with van der Waals surface area (Å²) in [6, 6.07) is 13.7. The Hall–Kier alpha value is -1.07. The third kappa shape index (κ3) is 3.73. The fraction of sp³-hybridized carbons (Fsp3) is 0.200. The zero-order valence-electron chi connectivity index (χ0n) is 11.1. The van der Waals surface area contributed by atoms with Crippen LogP contribution in [0.15, 0.2) is 46.9 Å². The predicted octanol–water partition coefficient (Wildman–Crippen LogP) is 3.86. The summed E-state index contributed by atoms with van der Waals surface area (Å²) in [5.74, 6) is 6.49. The van der Waals surface area contributed by atoms with Gasteiger partial charge >= 0.3 is 0 Å². The number of methoxy groups -OCH3 is 1. The summed E-state index contributed by atoms with van der Waals surface area (Å²) in [4.78, 5) is 0. The van der Waals surface area contributed by atoms with E-state index in [1.54, 1.807) is 7.11 Å². The molecule has 0 spiro atoms. The van der Waals surface area contributed by atoms with E-state index in [1.165, 1.54) is 0 Å². The molecular weight excluding hydrogens is 340 g/mol. The first kappa shape index (κ1) is 15.3. The number of hydrogen-bond donors (Lipinski definition) is 2. The van der Waals surface area contributed by atoms with Crippen LogP contribution in [0.5, 0.6) is 5.75 Å². The highest BCUT2D eigenvalue weighted by molar-refractivity contribution is 9.10. The van der Waals surface area contributed by atoms with Crippen LogP contribution in [0.25, 0.3) is 0 Å². The first-order chi connectivity index (χ1) is 9.63. The zero-order valence-corrected chi connectivity index (χ0v) is 13.4. The Balaban J connectivity index is 2.23. The number of hydrogen-bond acceptors (Lipinski definition) is 3. The number of benzene rings is 2. The van der Waals surface area contributed by atoms with Gasteiger partial charge in [0.05, 0.1) is 13.2 Å². The minimum Gasteiger partial charge on any atom is -0.497 e. The Morgan fingerprint density at radius 2 is 2.10 bits per heavy atom. The second-order valence-electron chi connectivity index (χ2n) is 4.44. The predicted molar refractivity (Wildman–Crippen MR) is 85.9 cm³/mol. The fourth-order valence-electron chi connectivity index (χ4n) is 2.04. The summed E-state index contributed by atoms with van der Waals surface area (Å²) in [5, 5.41) is 0.725. The third-order valence-electron chi connectivity index (χ3n) is 3.14. The molecule has 5 heteroatoms. The summed E-state index contributed by atoms with van der Waals surface area (Å²) >= 11 is 9.66. The molecular formula is C15H16BrClN2O. The van der Waals surface area contributed by atoms with E-state index in [2.05, 4.69) is 21.4 Å². The lowest BCUT2D eigenvalue weighted by atomic mass is 9.99. The van der Waals surface area contributed by atoms with E-state index < -0.39 is 0 Å². The van der Waals surface area contributed by atoms with Crippen molar-refractivity contribution in [3.8, 4) is 5.75 Å². The molecule has 0 saturated heterocycles. The lowest BCUT2D eigenvalue weighted by Crippen LogP contribution is -2.29. The molecule has 0 radical (unpaired) electrons. The highest BCUT2D eigenvalue weighted by atomic mass is 79.9. The fourth-order valence-corrected chi connectivity index (χ4v) is 2.79. The molecule has 0 heterocycles. The number of rotatable bonds is 5. The molecule has 0 aromatic heterocycles. The molecule has 0 fully saturated rings. The summed E-state index contributed by atoms with van der Waals surface area (Å²) in [6.07, 6.45) is 0.704. The third-order valence-corrected chi connectivity index (χ3v) is 3.98. The van der Waals surface area contributed by atoms with Crippen LogP contribution in [0.3, 0.4) is 0 Å². The quantitative estimate of drug-likeness (QED) is 0.632. The molecule has 0 amide bonds. The molecule has 0 aliphatic carbocycles. The van der Waals surface area contributed by atoms with Crippen LogP contribution in [0, 0.1) is 0 Å². The van der Waals surface area contributed by atoms with Gasteiger partial charge in [-0.3, -0.25) is 11.3 Å². The average Bonchev–Trinajstić information content (AvgIpc) is 2.46. The van der Waals surface area contributed by atoms with Gasteiger partial charge in [-0.25, -0.2) is 0 Å². The van der Waals surface area contributed by atoms with Crippen molar-refractivity contribution in [1.82, 2.24) is 5.43 Å². The standard InChI is InChI=1S/C15H16BrClN2O/c1-20-13-4-2-3-11(7-13)15(19-18)8-10-5-6-12(16)9-14(10)17/h2-7,9,15,19H,8,18H2,1H3. The van der Waals surface area contributed by atoms with E-state index in [0.29, 0.717) is 6.42 Å². The van der Waals surface area contributed by atoms with Gasteiger partial charge in [0.1, 0.15) is 5.75 Å². The van der Waals surface area contributed by atoms with Crippen molar-refractivity contribution in [3.05, 3.63) is 63.1 Å². The summed E-state index contributed by atoms with van der Waals surface area (Å²) in [6.45, 7) is 0. The Kier molecular flexibility index (Phi) is 5.43. The number of ether oxygens (including phenoxy) is 1. The van der Waals surface area contributed by atoms with E-state index in [9.17, 15) is 0 Å². The number of nitrogens with two attached hydrogens (primary N) is 1. The van der Waals surface area contributed by atoms with Gasteiger partial charge in [-0.2, -0.15) is 0 Å². The lowest BCUT2D eigenvalue weighted by molar-refractivity contribution is 0.413. The second kappa shape index (κ2) is 7.09. The molecule has 2 aromatic rings. The first-order valence-corrected chi connectivity index (χ1v) is 7.35. The monoisotopic (exact) mass is 354 g/mol. The molecule has 3 N–H and O–H groups in total. The molecule has 0 aliphatic heterocycles. The van der Waals surface area contributed by atoms with Crippen LogP contribution in [0.1, 0.15) is 17.2 Å². The Morgan fingerprint density at radius 3 is 2.75 bits per heavy atom. The summed E-state index contributed by atoms with van der Waals surface area (Å²) < 4.78 is 6.20. The molecule has 0 bridgehead atoms. The van der Waals surface area contributed by atoms with Crippen molar-refractivity contribution in [2.45, 2.75) is 12.5 Å². The maximum absolute atomic E-state index is 6.25. The van der Waals surface area contributed by atoms with Crippen molar-refractivity contribution in [2.24, 2.45) is 5.84 Å². The Morgan fingerprint density at radius 1 is 1.30 bits per heavy atom. The molecule has 1 unspecified atom stereocenters. The second-order valence-corrected chi connectivity index (χ2v) is 5.76. The van der Waals surface area contributed by atoms with Crippen molar-refractivity contribution in [3.63, 3.8) is 0 Å². The molecule has 0 saturated carbocycles. The maximum atomic E-state index is 6.25. The number of nitrogens with one attached hydrogen (secondary N) is 1. The molecule has 2 rings (SSSR count). The van der Waals surface area contributed by atoms with Crippen molar-refractivity contribution in [2.75, 3.05) is 7.11 Å². The molecule has 2 aromatic carbocycles. The number of hydrazine groups is 1. The highest BCUT2D eigenvalue weighted by Crippen LogP contribution is 2.27. The van der Waals surface area contributed by atoms with E-state index in [4.69, 9.17) is 22.2 Å². The van der Waals surface area contributed by atoms with Crippen molar-refractivity contribution < 1.29 is 4.74 Å². The topological polar surface area (TPSA) is 47.3 Å². The van der Waals surface area contributed by atoms with Gasteiger partial charge in [0.15, 0.2) is 0 Å². The normalized spacial score (nSPS) is 12.2. The maximum Gasteiger partial charge on any atom is 0.119 e. The average molecular weight is 356 g/mol. The summed E-state index contributed by atoms with van der Waals surface area (Å²) in [5.41, 5.74) is 4.94. The van der Waals surface area contributed by atoms with Crippen molar-refractivity contribution in [1.29, 1.82) is 0 Å². The van der Waals surface area contributed by atoms with Crippen LogP contribution in [-0.4, -0.2) is 7.11 Å². The lowest BCUT2D eigenvalue weighted by Gasteiger charge is -2.18. The first-order valence-electron chi connectivity index (χ1n) is 6.18. The van der Waals surface area contributed by atoms with Crippen LogP contribution in [0.4, 0.5) is 0 Å². The van der Waals surface area contributed by atoms with E-state index in [0.717, 1.165) is 26.4 Å². The van der Waals surface area contributed by atoms with E-state index in [-0.39, 0.29) is 6.04 Å². The molecule has 3 nitrogen and oxygen atoms in total. The Bertz CT molecular complexity index is 592. The molecule has 0 aliphatic rings. The van der Waals surface area contributed by atoms with Gasteiger partial charge in [0.2, 0.25) is 0 Å². The zero-order chi connectivity index (χ0) is 14.5. The van der Waals surface area contributed by atoms with Gasteiger partial charge in [0.25, 0.3) is 0 Å². The van der Waals surface area contributed by atoms with Gasteiger partial charge in [0, 0.05) is 9.50 Å². The number of halogens is 2. The van der Waals surface area contributed by atoms with E-state index in [1.807, 2.05) is 42.5 Å². The SMILES string of the molecule is COc1cccc(C(Cc2ccc(Br)cc2Cl)NN)c1. The van der Waals surface area contributed by atoms with Crippen LogP contribution < -0.4 is 16.0 Å².